The molecule has 1 saturated heterocycles. The molecule has 1 fully saturated rings. The van der Waals surface area contributed by atoms with Crippen molar-refractivity contribution in [2.75, 3.05) is 13.2 Å². The summed E-state index contributed by atoms with van der Waals surface area (Å²) in [5, 5.41) is 22.9. The zero-order valence-corrected chi connectivity index (χ0v) is 31.3. The highest BCUT2D eigenvalue weighted by atomic mass is 16.6. The van der Waals surface area contributed by atoms with Crippen molar-refractivity contribution in [2.24, 2.45) is 5.92 Å². The summed E-state index contributed by atoms with van der Waals surface area (Å²) in [4.78, 5) is 47.9. The monoisotopic (exact) mass is 735 g/mol. The van der Waals surface area contributed by atoms with Crippen LogP contribution in [-0.2, 0) is 20.8 Å². The Kier molecular flexibility index (Phi) is 12.2. The summed E-state index contributed by atoms with van der Waals surface area (Å²) in [6, 6.07) is 14.5. The number of alkyl carbamates (subject to hydrolysis) is 1. The molecule has 4 aromatic rings. The number of carbonyl (C=O) groups excluding carboxylic acids is 1. The second kappa shape index (κ2) is 17.2. The first-order valence-corrected chi connectivity index (χ1v) is 18.5. The maximum Gasteiger partial charge on any atom is 0.407 e. The molecule has 2 unspecified atom stereocenters. The van der Waals surface area contributed by atoms with E-state index in [-0.39, 0.29) is 35.7 Å². The van der Waals surface area contributed by atoms with Crippen molar-refractivity contribution in [2.45, 2.75) is 90.6 Å². The standard InChI is InChI=1S/C42H49N5O7/c1-26(2)11-9-12-27(3)13-10-14-28(4)19-20-46-24-44-39-38(40(46)49)43-25-47(39)36-21-33(35(22-48)54-36)37(41(50)51)45-42(52)53-23-34-31-17-7-5-15-29(31)30-16-6-8-18-32(30)34/h5-8,11,13,15-19,24-25,33-37,48H,9-10,12,14,20-23H2,1-4H3,(H,45,52)(H,50,51)/b27-13+,28-19+/t33-,35?,36-,37?/m1/s1. The lowest BCUT2D eigenvalue weighted by Crippen LogP contribution is -2.49. The van der Waals surface area contributed by atoms with E-state index in [9.17, 15) is 24.6 Å². The number of aliphatic hydroxyl groups is 1. The van der Waals surface area contributed by atoms with Crippen LogP contribution in [0.25, 0.3) is 22.3 Å². The van der Waals surface area contributed by atoms with Gasteiger partial charge in [0.15, 0.2) is 11.2 Å². The fourth-order valence-electron chi connectivity index (χ4n) is 7.45. The normalized spacial score (nSPS) is 19.0. The molecule has 284 valence electrons. The molecule has 1 amide bonds. The molecule has 2 aliphatic rings. The van der Waals surface area contributed by atoms with Crippen LogP contribution in [0.2, 0.25) is 0 Å². The molecule has 0 spiro atoms. The Balaban J connectivity index is 1.08. The van der Waals surface area contributed by atoms with Gasteiger partial charge in [0.1, 0.15) is 25.2 Å². The van der Waals surface area contributed by atoms with E-state index in [2.05, 4.69) is 55.1 Å². The van der Waals surface area contributed by atoms with E-state index in [4.69, 9.17) is 9.47 Å². The Bertz CT molecular complexity index is 2100. The number of hydrogen-bond donors (Lipinski definition) is 3. The van der Waals surface area contributed by atoms with E-state index in [1.54, 1.807) is 4.57 Å². The quantitative estimate of drug-likeness (QED) is 0.111. The van der Waals surface area contributed by atoms with Crippen molar-refractivity contribution in [3.8, 4) is 11.1 Å². The molecular weight excluding hydrogens is 686 g/mol. The number of allylic oxidation sites excluding steroid dienone is 6. The number of benzene rings is 2. The molecule has 6 rings (SSSR count). The van der Waals surface area contributed by atoms with Crippen LogP contribution < -0.4 is 10.9 Å². The molecule has 0 radical (unpaired) electrons. The first kappa shape index (κ1) is 38.4. The number of fused-ring (bicyclic) bond motifs is 4. The maximum absolute atomic E-state index is 13.4. The third kappa shape index (κ3) is 8.55. The van der Waals surface area contributed by atoms with Gasteiger partial charge in [-0.05, 0) is 75.6 Å². The lowest BCUT2D eigenvalue weighted by atomic mass is 9.92. The van der Waals surface area contributed by atoms with E-state index in [0.29, 0.717) is 6.54 Å². The molecule has 0 bridgehead atoms. The smallest absolute Gasteiger partial charge is 0.407 e. The second-order valence-electron chi connectivity index (χ2n) is 14.5. The van der Waals surface area contributed by atoms with Gasteiger partial charge in [0.25, 0.3) is 5.56 Å². The Hall–Kier alpha value is -5.33. The molecule has 3 N–H and O–H groups in total. The van der Waals surface area contributed by atoms with Crippen LogP contribution in [0.3, 0.4) is 0 Å². The Morgan fingerprint density at radius 2 is 1.59 bits per heavy atom. The minimum absolute atomic E-state index is 0.0210. The minimum Gasteiger partial charge on any atom is -0.480 e. The van der Waals surface area contributed by atoms with Crippen LogP contribution in [0.1, 0.15) is 83.1 Å². The van der Waals surface area contributed by atoms with Crippen molar-refractivity contribution in [3.63, 3.8) is 0 Å². The van der Waals surface area contributed by atoms with Gasteiger partial charge in [0.2, 0.25) is 0 Å². The van der Waals surface area contributed by atoms with E-state index < -0.39 is 43.0 Å². The Labute approximate surface area is 314 Å². The SMILES string of the molecule is CC(C)=CCC/C(C)=C/CC/C(C)=C/Cn1cnc2c(ncn2[C@H]2C[C@@H](C(NC(=O)OCC3c4ccccc4-c4ccccc43)C(=O)O)C(CO)O2)c1=O. The number of carboxylic acid groups (broad SMARTS) is 1. The van der Waals surface area contributed by atoms with Gasteiger partial charge in [-0.1, -0.05) is 83.5 Å². The van der Waals surface area contributed by atoms with Gasteiger partial charge in [-0.3, -0.25) is 13.9 Å². The predicted octanol–water partition coefficient (Wildman–Crippen LogP) is 6.90. The Morgan fingerprint density at radius 1 is 0.944 bits per heavy atom. The van der Waals surface area contributed by atoms with Crippen molar-refractivity contribution in [1.82, 2.24) is 24.4 Å². The van der Waals surface area contributed by atoms with Gasteiger partial charge < -0.3 is 25.0 Å². The summed E-state index contributed by atoms with van der Waals surface area (Å²) in [6.45, 7) is 8.32. The van der Waals surface area contributed by atoms with Crippen LogP contribution in [0.15, 0.2) is 101 Å². The molecule has 12 nitrogen and oxygen atoms in total. The molecule has 0 saturated carbocycles. The van der Waals surface area contributed by atoms with Crippen LogP contribution in [0.5, 0.6) is 0 Å². The zero-order chi connectivity index (χ0) is 38.4. The van der Waals surface area contributed by atoms with Gasteiger partial charge >= 0.3 is 12.1 Å². The second-order valence-corrected chi connectivity index (χ2v) is 14.5. The van der Waals surface area contributed by atoms with Gasteiger partial charge in [-0.15, -0.1) is 0 Å². The molecule has 4 atom stereocenters. The van der Waals surface area contributed by atoms with Gasteiger partial charge in [-0.2, -0.15) is 0 Å². The number of nitrogens with one attached hydrogen (secondary N) is 1. The van der Waals surface area contributed by atoms with E-state index in [0.717, 1.165) is 47.9 Å². The van der Waals surface area contributed by atoms with E-state index in [1.165, 1.54) is 33.9 Å². The number of amides is 1. The van der Waals surface area contributed by atoms with Crippen LogP contribution in [0.4, 0.5) is 4.79 Å². The summed E-state index contributed by atoms with van der Waals surface area (Å²) in [5.74, 6) is -2.30. The molecule has 12 heteroatoms. The Morgan fingerprint density at radius 3 is 2.24 bits per heavy atom. The average molecular weight is 736 g/mol. The highest BCUT2D eigenvalue weighted by molar-refractivity contribution is 5.81. The van der Waals surface area contributed by atoms with Crippen LogP contribution in [-0.4, -0.2) is 66.7 Å². The fourth-order valence-corrected chi connectivity index (χ4v) is 7.45. The van der Waals surface area contributed by atoms with Crippen molar-refractivity contribution in [3.05, 3.63) is 118 Å². The van der Waals surface area contributed by atoms with E-state index >= 15 is 0 Å². The van der Waals surface area contributed by atoms with Crippen LogP contribution >= 0.6 is 0 Å². The summed E-state index contributed by atoms with van der Waals surface area (Å²) in [6.07, 6.45) is 10.9. The summed E-state index contributed by atoms with van der Waals surface area (Å²) < 4.78 is 14.8. The van der Waals surface area contributed by atoms with Crippen molar-refractivity contribution >= 4 is 23.2 Å². The first-order chi connectivity index (χ1) is 26.0. The highest BCUT2D eigenvalue weighted by Crippen LogP contribution is 2.44. The van der Waals surface area contributed by atoms with Gasteiger partial charge in [-0.25, -0.2) is 19.6 Å². The lowest BCUT2D eigenvalue weighted by Gasteiger charge is -2.24. The fraction of sp³-hybridized carbons (Fsp3) is 0.405. The number of carbonyl (C=O) groups is 2. The third-order valence-corrected chi connectivity index (χ3v) is 10.4. The topological polar surface area (TPSA) is 158 Å². The minimum atomic E-state index is -1.42. The van der Waals surface area contributed by atoms with Crippen molar-refractivity contribution < 1.29 is 29.3 Å². The number of carboxylic acids is 1. The largest absolute Gasteiger partial charge is 0.480 e. The number of aromatic nitrogens is 4. The number of aliphatic carboxylic acids is 1. The number of aliphatic hydroxyl groups excluding tert-OH is 1. The molecular formula is C42H49N5O7. The van der Waals surface area contributed by atoms with E-state index in [1.807, 2.05) is 54.6 Å². The number of rotatable bonds is 15. The molecule has 2 aromatic heterocycles. The maximum atomic E-state index is 13.4. The number of imidazole rings is 1. The molecule has 3 heterocycles. The summed E-state index contributed by atoms with van der Waals surface area (Å²) in [5.41, 5.74) is 8.21. The van der Waals surface area contributed by atoms with Crippen molar-refractivity contribution in [1.29, 1.82) is 0 Å². The first-order valence-electron chi connectivity index (χ1n) is 18.5. The number of hydrogen-bond acceptors (Lipinski definition) is 8. The summed E-state index contributed by atoms with van der Waals surface area (Å²) >= 11 is 0. The highest BCUT2D eigenvalue weighted by Gasteiger charge is 2.45. The predicted molar refractivity (Wildman–Crippen MR) is 206 cm³/mol. The van der Waals surface area contributed by atoms with Gasteiger partial charge in [0, 0.05) is 24.8 Å². The molecule has 54 heavy (non-hydrogen) atoms. The summed E-state index contributed by atoms with van der Waals surface area (Å²) in [7, 11) is 0. The van der Waals surface area contributed by atoms with Gasteiger partial charge in [0.05, 0.1) is 19.0 Å². The number of ether oxygens (including phenoxy) is 2. The average Bonchev–Trinajstić information content (AvgIpc) is 3.86. The molecule has 1 aliphatic carbocycles. The lowest BCUT2D eigenvalue weighted by molar-refractivity contribution is -0.141. The molecule has 2 aromatic carbocycles. The molecule has 1 aliphatic heterocycles. The van der Waals surface area contributed by atoms with Crippen LogP contribution in [0, 0.1) is 5.92 Å². The third-order valence-electron chi connectivity index (χ3n) is 10.4. The number of nitrogens with zero attached hydrogens (tertiary/aromatic N) is 4. The zero-order valence-electron chi connectivity index (χ0n) is 31.3.